The highest BCUT2D eigenvalue weighted by Crippen LogP contribution is 2.29. The molecule has 0 amide bonds. The Morgan fingerprint density at radius 1 is 1.41 bits per heavy atom. The van der Waals surface area contributed by atoms with Crippen molar-refractivity contribution < 1.29 is 0 Å². The maximum Gasteiger partial charge on any atom is 0.127 e. The molecule has 88 valence electrons. The molecular formula is C13H16N4. The maximum atomic E-state index is 8.86. The lowest BCUT2D eigenvalue weighted by Gasteiger charge is -2.45. The van der Waals surface area contributed by atoms with Gasteiger partial charge < -0.3 is 10.2 Å². The van der Waals surface area contributed by atoms with Gasteiger partial charge in [0.1, 0.15) is 5.82 Å². The first kappa shape index (κ1) is 10.5. The molecule has 0 aliphatic carbocycles. The molecule has 4 rings (SSSR count). The van der Waals surface area contributed by atoms with Crippen molar-refractivity contribution in [1.29, 1.82) is 5.26 Å². The van der Waals surface area contributed by atoms with Gasteiger partial charge in [-0.1, -0.05) is 0 Å². The van der Waals surface area contributed by atoms with Crippen LogP contribution in [0.2, 0.25) is 0 Å². The molecular weight excluding hydrogens is 212 g/mol. The number of piperidine rings is 3. The van der Waals surface area contributed by atoms with Gasteiger partial charge in [-0.2, -0.15) is 5.26 Å². The van der Waals surface area contributed by atoms with Crippen LogP contribution in [0.1, 0.15) is 18.4 Å². The summed E-state index contributed by atoms with van der Waals surface area (Å²) in [5, 5.41) is 12.3. The highest BCUT2D eigenvalue weighted by atomic mass is 15.2. The predicted octanol–water partition coefficient (Wildman–Crippen LogP) is 1.46. The molecule has 4 heteroatoms. The minimum Gasteiger partial charge on any atom is -0.366 e. The first-order valence-electron chi connectivity index (χ1n) is 6.20. The Hall–Kier alpha value is -1.60. The molecule has 17 heavy (non-hydrogen) atoms. The molecule has 3 saturated heterocycles. The smallest absolute Gasteiger partial charge is 0.127 e. The lowest BCUT2D eigenvalue weighted by Crippen LogP contribution is -2.53. The van der Waals surface area contributed by atoms with E-state index in [0.29, 0.717) is 11.6 Å². The molecule has 1 N–H and O–H groups in total. The summed E-state index contributed by atoms with van der Waals surface area (Å²) in [6, 6.07) is 6.22. The summed E-state index contributed by atoms with van der Waals surface area (Å²) >= 11 is 0. The number of nitrogens with zero attached hydrogens (tertiary/aromatic N) is 3. The van der Waals surface area contributed by atoms with Gasteiger partial charge in [0.2, 0.25) is 0 Å². The predicted molar refractivity (Wildman–Crippen MR) is 65.5 cm³/mol. The van der Waals surface area contributed by atoms with Crippen LogP contribution in [-0.4, -0.2) is 35.6 Å². The number of nitriles is 1. The second-order valence-corrected chi connectivity index (χ2v) is 4.93. The van der Waals surface area contributed by atoms with E-state index in [0.717, 1.165) is 18.3 Å². The Labute approximate surface area is 101 Å². The van der Waals surface area contributed by atoms with Crippen LogP contribution in [0.25, 0.3) is 0 Å². The summed E-state index contributed by atoms with van der Waals surface area (Å²) in [6.45, 7) is 3.60. The summed E-state index contributed by atoms with van der Waals surface area (Å²) in [5.41, 5.74) is 0.670. The van der Waals surface area contributed by atoms with Crippen molar-refractivity contribution >= 4 is 5.82 Å². The van der Waals surface area contributed by atoms with Gasteiger partial charge in [0.05, 0.1) is 11.6 Å². The van der Waals surface area contributed by atoms with Crippen LogP contribution >= 0.6 is 0 Å². The van der Waals surface area contributed by atoms with Gasteiger partial charge in [-0.05, 0) is 44.0 Å². The zero-order chi connectivity index (χ0) is 11.7. The minimum atomic E-state index is 0.499. The number of anilines is 1. The number of nitrogens with one attached hydrogen (secondary N) is 1. The van der Waals surface area contributed by atoms with Crippen molar-refractivity contribution in [3.63, 3.8) is 0 Å². The molecule has 0 aromatic carbocycles. The van der Waals surface area contributed by atoms with E-state index in [1.54, 1.807) is 12.3 Å². The van der Waals surface area contributed by atoms with Gasteiger partial charge in [0, 0.05) is 18.8 Å². The molecule has 3 aliphatic heterocycles. The van der Waals surface area contributed by atoms with E-state index in [9.17, 15) is 0 Å². The molecule has 3 aliphatic rings. The quantitative estimate of drug-likeness (QED) is 0.832. The summed E-state index contributed by atoms with van der Waals surface area (Å²) in [4.78, 5) is 6.79. The van der Waals surface area contributed by atoms with Crippen molar-refractivity contribution in [1.82, 2.24) is 9.88 Å². The zero-order valence-corrected chi connectivity index (χ0v) is 9.76. The average molecular weight is 228 g/mol. The van der Waals surface area contributed by atoms with Crippen LogP contribution in [0.3, 0.4) is 0 Å². The second-order valence-electron chi connectivity index (χ2n) is 4.93. The van der Waals surface area contributed by atoms with Crippen molar-refractivity contribution in [2.75, 3.05) is 25.0 Å². The van der Waals surface area contributed by atoms with E-state index in [2.05, 4.69) is 21.3 Å². The third-order valence-electron chi connectivity index (χ3n) is 3.88. The fourth-order valence-electron chi connectivity index (χ4n) is 2.90. The lowest BCUT2D eigenvalue weighted by molar-refractivity contribution is 0.0974. The molecule has 4 heterocycles. The number of hydrogen-bond acceptors (Lipinski definition) is 4. The van der Waals surface area contributed by atoms with Crippen LogP contribution in [-0.2, 0) is 0 Å². The number of hydrogen-bond donors (Lipinski definition) is 1. The van der Waals surface area contributed by atoms with Gasteiger partial charge in [-0.25, -0.2) is 4.98 Å². The number of aromatic nitrogens is 1. The van der Waals surface area contributed by atoms with Gasteiger partial charge >= 0.3 is 0 Å². The minimum absolute atomic E-state index is 0.499. The number of rotatable bonds is 2. The van der Waals surface area contributed by atoms with Crippen LogP contribution < -0.4 is 5.32 Å². The van der Waals surface area contributed by atoms with Crippen molar-refractivity contribution in [2.45, 2.75) is 18.9 Å². The van der Waals surface area contributed by atoms with E-state index < -0.39 is 0 Å². The zero-order valence-electron chi connectivity index (χ0n) is 9.76. The largest absolute Gasteiger partial charge is 0.366 e. The lowest BCUT2D eigenvalue weighted by atomic mass is 9.84. The molecule has 0 saturated carbocycles. The van der Waals surface area contributed by atoms with Crippen molar-refractivity contribution in [2.24, 2.45) is 5.92 Å². The van der Waals surface area contributed by atoms with Gasteiger partial charge in [-0.15, -0.1) is 0 Å². The molecule has 4 nitrogen and oxygen atoms in total. The van der Waals surface area contributed by atoms with E-state index in [1.165, 1.54) is 25.9 Å². The highest BCUT2D eigenvalue weighted by Gasteiger charge is 2.34. The fourth-order valence-corrected chi connectivity index (χ4v) is 2.90. The Kier molecular flexibility index (Phi) is 2.69. The van der Waals surface area contributed by atoms with Gasteiger partial charge in [-0.3, -0.25) is 0 Å². The Bertz CT molecular complexity index is 443. The van der Waals surface area contributed by atoms with E-state index in [-0.39, 0.29) is 0 Å². The SMILES string of the molecule is N#Cc1ccnc(NC2CN3CCC2CC3)c1. The number of fused-ring (bicyclic) bond motifs is 3. The van der Waals surface area contributed by atoms with Crippen LogP contribution in [0.15, 0.2) is 18.3 Å². The molecule has 2 bridgehead atoms. The topological polar surface area (TPSA) is 52.0 Å². The van der Waals surface area contributed by atoms with Crippen LogP contribution in [0, 0.1) is 17.2 Å². The molecule has 1 aromatic rings. The van der Waals surface area contributed by atoms with Crippen LogP contribution in [0.4, 0.5) is 5.82 Å². The molecule has 1 aromatic heterocycles. The van der Waals surface area contributed by atoms with E-state index >= 15 is 0 Å². The molecule has 1 atom stereocenters. The molecule has 1 unspecified atom stereocenters. The van der Waals surface area contributed by atoms with Crippen molar-refractivity contribution in [3.8, 4) is 6.07 Å². The molecule has 0 spiro atoms. The first-order chi connectivity index (χ1) is 8.35. The van der Waals surface area contributed by atoms with Gasteiger partial charge in [0.15, 0.2) is 0 Å². The molecule has 3 fully saturated rings. The Balaban J connectivity index is 1.72. The summed E-state index contributed by atoms with van der Waals surface area (Å²) in [5.74, 6) is 1.61. The van der Waals surface area contributed by atoms with E-state index in [1.807, 2.05) is 6.07 Å². The van der Waals surface area contributed by atoms with Gasteiger partial charge in [0.25, 0.3) is 0 Å². The van der Waals surface area contributed by atoms with Crippen LogP contribution in [0.5, 0.6) is 0 Å². The third-order valence-corrected chi connectivity index (χ3v) is 3.88. The monoisotopic (exact) mass is 228 g/mol. The Morgan fingerprint density at radius 2 is 2.24 bits per heavy atom. The first-order valence-corrected chi connectivity index (χ1v) is 6.20. The van der Waals surface area contributed by atoms with E-state index in [4.69, 9.17) is 5.26 Å². The normalized spacial score (nSPS) is 30.9. The van der Waals surface area contributed by atoms with Crippen molar-refractivity contribution in [3.05, 3.63) is 23.9 Å². The molecule has 0 radical (unpaired) electrons. The standard InChI is InChI=1S/C13H16N4/c14-8-10-1-4-15-13(7-10)16-12-9-17-5-2-11(12)3-6-17/h1,4,7,11-12H,2-3,5-6,9H2,(H,15,16). The summed E-state index contributed by atoms with van der Waals surface area (Å²) in [7, 11) is 0. The summed E-state index contributed by atoms with van der Waals surface area (Å²) < 4.78 is 0. The Morgan fingerprint density at radius 3 is 2.88 bits per heavy atom. The average Bonchev–Trinajstić information content (AvgIpc) is 2.40. The second kappa shape index (κ2) is 4.34. The maximum absolute atomic E-state index is 8.86. The summed E-state index contributed by atoms with van der Waals surface area (Å²) in [6.07, 6.45) is 4.27. The number of pyridine rings is 1. The third kappa shape index (κ3) is 2.11. The fraction of sp³-hybridized carbons (Fsp3) is 0.538. The highest BCUT2D eigenvalue weighted by molar-refractivity contribution is 5.43.